The van der Waals surface area contributed by atoms with Crippen molar-refractivity contribution in [1.82, 2.24) is 4.90 Å². The zero-order valence-electron chi connectivity index (χ0n) is 14.4. The van der Waals surface area contributed by atoms with Crippen LogP contribution in [-0.4, -0.2) is 31.2 Å². The van der Waals surface area contributed by atoms with Crippen LogP contribution in [0.1, 0.15) is 36.3 Å². The molecule has 24 heavy (non-hydrogen) atoms. The summed E-state index contributed by atoms with van der Waals surface area (Å²) in [5.74, 6) is 0.449. The second kappa shape index (κ2) is 9.83. The fraction of sp³-hybridized carbons (Fsp3) is 0.429. The molecule has 1 aliphatic rings. The number of likely N-dealkylation sites (tertiary alicyclic amines) is 1. The van der Waals surface area contributed by atoms with Crippen LogP contribution in [0.25, 0.3) is 0 Å². The quantitative estimate of drug-likeness (QED) is 0.738. The van der Waals surface area contributed by atoms with Gasteiger partial charge >= 0.3 is 0 Å². The first-order valence-corrected chi connectivity index (χ1v) is 8.70. The van der Waals surface area contributed by atoms with E-state index in [1.807, 2.05) is 7.11 Å². The molecule has 0 aromatic heterocycles. The van der Waals surface area contributed by atoms with E-state index in [4.69, 9.17) is 4.74 Å². The normalized spacial score (nSPS) is 19.5. The molecule has 130 valence electrons. The van der Waals surface area contributed by atoms with Crippen molar-refractivity contribution in [1.29, 1.82) is 0 Å². The Bertz CT molecular complexity index is 575. The van der Waals surface area contributed by atoms with Crippen molar-refractivity contribution < 1.29 is 4.74 Å². The maximum Gasteiger partial charge on any atom is 0.0546 e. The highest BCUT2D eigenvalue weighted by atomic mass is 35.5. The van der Waals surface area contributed by atoms with Crippen LogP contribution < -0.4 is 0 Å². The van der Waals surface area contributed by atoms with Gasteiger partial charge in [-0.2, -0.15) is 0 Å². The molecule has 0 radical (unpaired) electrons. The van der Waals surface area contributed by atoms with Crippen molar-refractivity contribution in [2.75, 3.05) is 20.3 Å². The number of piperidine rings is 1. The third kappa shape index (κ3) is 4.83. The van der Waals surface area contributed by atoms with E-state index in [2.05, 4.69) is 65.6 Å². The number of benzene rings is 2. The maximum absolute atomic E-state index is 5.58. The maximum atomic E-state index is 5.58. The summed E-state index contributed by atoms with van der Waals surface area (Å²) >= 11 is 0. The number of nitrogens with zero attached hydrogens (tertiary/aromatic N) is 1. The summed E-state index contributed by atoms with van der Waals surface area (Å²) in [4.78, 5) is 2.66. The Kier molecular flexibility index (Phi) is 7.77. The van der Waals surface area contributed by atoms with E-state index in [0.717, 1.165) is 13.2 Å². The van der Waals surface area contributed by atoms with Crippen molar-refractivity contribution in [2.45, 2.75) is 37.8 Å². The molecule has 1 heterocycles. The first kappa shape index (κ1) is 19.0. The number of halogens is 1. The molecule has 0 aliphatic carbocycles. The topological polar surface area (TPSA) is 12.5 Å². The Hall–Kier alpha value is -1.35. The van der Waals surface area contributed by atoms with E-state index in [1.54, 1.807) is 0 Å². The molecule has 0 N–H and O–H groups in total. The van der Waals surface area contributed by atoms with Gasteiger partial charge in [-0.1, -0.05) is 67.1 Å². The zero-order valence-corrected chi connectivity index (χ0v) is 15.3. The van der Waals surface area contributed by atoms with Gasteiger partial charge < -0.3 is 4.74 Å². The summed E-state index contributed by atoms with van der Waals surface area (Å²) in [6.07, 6.45) is 3.89. The average Bonchev–Trinajstić information content (AvgIpc) is 2.62. The largest absolute Gasteiger partial charge is 0.384 e. The summed E-state index contributed by atoms with van der Waals surface area (Å²) in [5, 5.41) is 0. The molecule has 3 rings (SSSR count). The lowest BCUT2D eigenvalue weighted by Gasteiger charge is -2.40. The summed E-state index contributed by atoms with van der Waals surface area (Å²) < 4.78 is 5.58. The number of hydrogen-bond donors (Lipinski definition) is 0. The van der Waals surface area contributed by atoms with Gasteiger partial charge in [0.15, 0.2) is 0 Å². The molecule has 1 fully saturated rings. The van der Waals surface area contributed by atoms with Crippen LogP contribution in [0.5, 0.6) is 0 Å². The minimum absolute atomic E-state index is 0. The molecule has 2 atom stereocenters. The minimum Gasteiger partial charge on any atom is -0.384 e. The summed E-state index contributed by atoms with van der Waals surface area (Å²) in [5.41, 5.74) is 2.81. The van der Waals surface area contributed by atoms with Gasteiger partial charge in [0.2, 0.25) is 0 Å². The Balaban J connectivity index is 0.00000208. The Morgan fingerprint density at radius 1 is 1.00 bits per heavy atom. The van der Waals surface area contributed by atoms with E-state index in [0.29, 0.717) is 12.0 Å². The summed E-state index contributed by atoms with van der Waals surface area (Å²) in [7, 11) is 1.82. The van der Waals surface area contributed by atoms with Crippen molar-refractivity contribution in [3.05, 3.63) is 71.8 Å². The standard InChI is InChI=1S/C21H27NO.ClH/c1-23-17-20(19-12-6-3-7-13-19)21-14-8-9-15-22(21)16-18-10-4-2-5-11-18;/h2-7,10-13,20-21H,8-9,14-17H2,1H3;1H/t20-,21-;/m1./s1. The molecule has 0 bridgehead atoms. The number of methoxy groups -OCH3 is 1. The molecule has 2 aromatic rings. The third-order valence-electron chi connectivity index (χ3n) is 4.93. The van der Waals surface area contributed by atoms with Gasteiger partial charge in [0.1, 0.15) is 0 Å². The highest BCUT2D eigenvalue weighted by Crippen LogP contribution is 2.31. The van der Waals surface area contributed by atoms with Crippen LogP contribution in [-0.2, 0) is 11.3 Å². The Morgan fingerprint density at radius 3 is 2.33 bits per heavy atom. The molecule has 0 amide bonds. The van der Waals surface area contributed by atoms with Gasteiger partial charge in [0.25, 0.3) is 0 Å². The lowest BCUT2D eigenvalue weighted by Crippen LogP contribution is -2.44. The van der Waals surface area contributed by atoms with Gasteiger partial charge in [0, 0.05) is 25.6 Å². The van der Waals surface area contributed by atoms with Crippen molar-refractivity contribution in [2.24, 2.45) is 0 Å². The van der Waals surface area contributed by atoms with Crippen LogP contribution in [0.3, 0.4) is 0 Å². The van der Waals surface area contributed by atoms with Crippen molar-refractivity contribution in [3.8, 4) is 0 Å². The van der Waals surface area contributed by atoms with Crippen LogP contribution in [0.15, 0.2) is 60.7 Å². The first-order chi connectivity index (χ1) is 11.4. The van der Waals surface area contributed by atoms with Gasteiger partial charge in [-0.15, -0.1) is 12.4 Å². The Labute approximate surface area is 152 Å². The Morgan fingerprint density at radius 2 is 1.67 bits per heavy atom. The van der Waals surface area contributed by atoms with Crippen LogP contribution >= 0.6 is 12.4 Å². The number of rotatable bonds is 6. The molecule has 2 nitrogen and oxygen atoms in total. The predicted molar refractivity (Wildman–Crippen MR) is 103 cm³/mol. The van der Waals surface area contributed by atoms with E-state index in [1.165, 1.54) is 36.9 Å². The van der Waals surface area contributed by atoms with Gasteiger partial charge in [-0.25, -0.2) is 0 Å². The highest BCUT2D eigenvalue weighted by molar-refractivity contribution is 5.85. The lowest BCUT2D eigenvalue weighted by molar-refractivity contribution is 0.0768. The van der Waals surface area contributed by atoms with E-state index >= 15 is 0 Å². The summed E-state index contributed by atoms with van der Waals surface area (Å²) in [6, 6.07) is 22.3. The lowest BCUT2D eigenvalue weighted by atomic mass is 9.85. The SMILES string of the molecule is COC[C@H](c1ccccc1)[C@H]1CCCCN1Cc1ccccc1.Cl. The third-order valence-corrected chi connectivity index (χ3v) is 4.93. The second-order valence-electron chi connectivity index (χ2n) is 6.49. The van der Waals surface area contributed by atoms with Crippen LogP contribution in [0, 0.1) is 0 Å². The predicted octanol–water partition coefficient (Wildman–Crippen LogP) is 4.89. The molecule has 1 aliphatic heterocycles. The summed E-state index contributed by atoms with van der Waals surface area (Å²) in [6.45, 7) is 3.02. The molecule has 1 saturated heterocycles. The van der Waals surface area contributed by atoms with Gasteiger partial charge in [-0.3, -0.25) is 4.90 Å². The highest BCUT2D eigenvalue weighted by Gasteiger charge is 2.30. The van der Waals surface area contributed by atoms with E-state index in [-0.39, 0.29) is 12.4 Å². The van der Waals surface area contributed by atoms with Gasteiger partial charge in [0.05, 0.1) is 6.61 Å². The van der Waals surface area contributed by atoms with E-state index < -0.39 is 0 Å². The number of ether oxygens (including phenoxy) is 1. The molecular formula is C21H28ClNO. The van der Waals surface area contributed by atoms with Crippen molar-refractivity contribution >= 4 is 12.4 Å². The second-order valence-corrected chi connectivity index (χ2v) is 6.49. The van der Waals surface area contributed by atoms with E-state index in [9.17, 15) is 0 Å². The molecule has 0 spiro atoms. The van der Waals surface area contributed by atoms with Crippen molar-refractivity contribution in [3.63, 3.8) is 0 Å². The fourth-order valence-electron chi connectivity index (χ4n) is 3.80. The zero-order chi connectivity index (χ0) is 15.9. The number of hydrogen-bond acceptors (Lipinski definition) is 2. The van der Waals surface area contributed by atoms with Gasteiger partial charge in [-0.05, 0) is 30.5 Å². The molecule has 0 unspecified atom stereocenters. The molecule has 2 aromatic carbocycles. The minimum atomic E-state index is 0. The first-order valence-electron chi connectivity index (χ1n) is 8.70. The molecule has 0 saturated carbocycles. The van der Waals surface area contributed by atoms with Crippen LogP contribution in [0.4, 0.5) is 0 Å². The van der Waals surface area contributed by atoms with Crippen LogP contribution in [0.2, 0.25) is 0 Å². The monoisotopic (exact) mass is 345 g/mol. The smallest absolute Gasteiger partial charge is 0.0546 e. The molecular weight excluding hydrogens is 318 g/mol. The average molecular weight is 346 g/mol. The molecule has 3 heteroatoms. The fourth-order valence-corrected chi connectivity index (χ4v) is 3.80.